The van der Waals surface area contributed by atoms with Gasteiger partial charge in [0.15, 0.2) is 0 Å². The molecule has 0 spiro atoms. The monoisotopic (exact) mass is 257 g/mol. The van der Waals surface area contributed by atoms with Gasteiger partial charge in [0.1, 0.15) is 0 Å². The molecule has 1 aromatic heterocycles. The molecule has 1 unspecified atom stereocenters. The summed E-state index contributed by atoms with van der Waals surface area (Å²) in [7, 11) is 3.81. The number of aromatic nitrogens is 2. The van der Waals surface area contributed by atoms with Crippen LogP contribution < -0.4 is 4.31 Å². The second kappa shape index (κ2) is 5.16. The van der Waals surface area contributed by atoms with Crippen LogP contribution in [0.1, 0.15) is 12.8 Å². The highest BCUT2D eigenvalue weighted by molar-refractivity contribution is 7.80. The van der Waals surface area contributed by atoms with Crippen molar-refractivity contribution < 1.29 is 8.76 Å². The molecule has 0 amide bonds. The summed E-state index contributed by atoms with van der Waals surface area (Å²) in [6, 6.07) is 0.299. The molecule has 7 heteroatoms. The minimum atomic E-state index is -2.25. The molecular weight excluding hydrogens is 240 g/mol. The van der Waals surface area contributed by atoms with Gasteiger partial charge in [-0.3, -0.25) is 13.2 Å². The van der Waals surface area contributed by atoms with Crippen molar-refractivity contribution in [2.45, 2.75) is 18.9 Å². The molecule has 0 bridgehead atoms. The van der Waals surface area contributed by atoms with E-state index in [0.29, 0.717) is 18.3 Å². The molecule has 1 aliphatic heterocycles. The third-order valence-electron chi connectivity index (χ3n) is 3.21. The first-order chi connectivity index (χ1) is 8.08. The maximum Gasteiger partial charge on any atom is 0.0862 e. The summed E-state index contributed by atoms with van der Waals surface area (Å²) >= 11 is -2.25. The average molecular weight is 257 g/mol. The molecule has 0 aliphatic carbocycles. The zero-order chi connectivity index (χ0) is 12.4. The van der Waals surface area contributed by atoms with Crippen LogP contribution in [0.3, 0.4) is 0 Å². The van der Waals surface area contributed by atoms with Gasteiger partial charge in [-0.2, -0.15) is 5.10 Å². The van der Waals surface area contributed by atoms with Gasteiger partial charge in [-0.15, -0.1) is 0 Å². The summed E-state index contributed by atoms with van der Waals surface area (Å²) in [4.78, 5) is 2.20. The SMILES string of the molecule is CN1CCC[C@H]1CN(c1cnn(C)c1)S(=O)[O-]. The Hall–Kier alpha value is -0.920. The average Bonchev–Trinajstić information content (AvgIpc) is 2.84. The Balaban J connectivity index is 2.10. The summed E-state index contributed by atoms with van der Waals surface area (Å²) in [5, 5.41) is 4.00. The van der Waals surface area contributed by atoms with Crippen molar-refractivity contribution in [1.29, 1.82) is 0 Å². The van der Waals surface area contributed by atoms with Gasteiger partial charge in [0.25, 0.3) is 0 Å². The van der Waals surface area contributed by atoms with E-state index >= 15 is 0 Å². The summed E-state index contributed by atoms with van der Waals surface area (Å²) in [5.74, 6) is 0. The summed E-state index contributed by atoms with van der Waals surface area (Å²) in [6.07, 6.45) is 5.47. The van der Waals surface area contributed by atoms with Gasteiger partial charge < -0.3 is 9.45 Å². The molecule has 0 radical (unpaired) electrons. The zero-order valence-corrected chi connectivity index (χ0v) is 10.9. The molecule has 1 fully saturated rings. The second-order valence-corrected chi connectivity index (χ2v) is 5.30. The predicted octanol–water partition coefficient (Wildman–Crippen LogP) is 0.115. The fourth-order valence-corrected chi connectivity index (χ4v) is 2.75. The maximum atomic E-state index is 11.3. The number of hydrogen-bond donors (Lipinski definition) is 0. The number of aryl methyl sites for hydroxylation is 1. The van der Waals surface area contributed by atoms with Crippen molar-refractivity contribution in [1.82, 2.24) is 14.7 Å². The van der Waals surface area contributed by atoms with Crippen molar-refractivity contribution in [2.24, 2.45) is 7.05 Å². The van der Waals surface area contributed by atoms with E-state index in [0.717, 1.165) is 19.4 Å². The third-order valence-corrected chi connectivity index (χ3v) is 3.93. The van der Waals surface area contributed by atoms with Gasteiger partial charge >= 0.3 is 0 Å². The highest BCUT2D eigenvalue weighted by atomic mass is 32.2. The van der Waals surface area contributed by atoms with Crippen LogP contribution >= 0.6 is 0 Å². The topological polar surface area (TPSA) is 64.4 Å². The van der Waals surface area contributed by atoms with E-state index in [4.69, 9.17) is 0 Å². The number of rotatable bonds is 4. The Morgan fingerprint density at radius 1 is 1.65 bits per heavy atom. The molecule has 96 valence electrons. The molecule has 2 atom stereocenters. The molecule has 6 nitrogen and oxygen atoms in total. The van der Waals surface area contributed by atoms with Gasteiger partial charge in [0.2, 0.25) is 0 Å². The van der Waals surface area contributed by atoms with Gasteiger partial charge in [-0.05, 0) is 26.4 Å². The van der Waals surface area contributed by atoms with E-state index in [1.165, 1.54) is 4.31 Å². The first kappa shape index (κ1) is 12.5. The summed E-state index contributed by atoms with van der Waals surface area (Å²) in [5.41, 5.74) is 0.626. The van der Waals surface area contributed by atoms with Crippen LogP contribution in [0.25, 0.3) is 0 Å². The Morgan fingerprint density at radius 2 is 2.41 bits per heavy atom. The smallest absolute Gasteiger partial charge is 0.0862 e. The Bertz CT molecular complexity index is 409. The standard InChI is InChI=1S/C10H18N4O2S/c1-12-5-3-4-9(12)8-14(17(15)16)10-6-11-13(2)7-10/h6-7,9H,3-5,8H2,1-2H3,(H,15,16)/p-1/t9-/m0/s1. The molecule has 0 N–H and O–H groups in total. The van der Waals surface area contributed by atoms with E-state index in [1.807, 2.05) is 7.05 Å². The molecule has 0 aromatic carbocycles. The quantitative estimate of drug-likeness (QED) is 0.718. The van der Waals surface area contributed by atoms with Gasteiger partial charge in [0.05, 0.1) is 11.9 Å². The fraction of sp³-hybridized carbons (Fsp3) is 0.700. The zero-order valence-electron chi connectivity index (χ0n) is 10.1. The van der Waals surface area contributed by atoms with Crippen LogP contribution in [0.5, 0.6) is 0 Å². The maximum absolute atomic E-state index is 11.3. The molecule has 17 heavy (non-hydrogen) atoms. The van der Waals surface area contributed by atoms with Gasteiger partial charge in [-0.25, -0.2) is 0 Å². The van der Waals surface area contributed by atoms with E-state index in [2.05, 4.69) is 10.00 Å². The highest BCUT2D eigenvalue weighted by Gasteiger charge is 2.24. The lowest BCUT2D eigenvalue weighted by atomic mass is 10.2. The third kappa shape index (κ3) is 2.85. The second-order valence-electron chi connectivity index (χ2n) is 4.43. The van der Waals surface area contributed by atoms with Crippen molar-refractivity contribution in [3.05, 3.63) is 12.4 Å². The highest BCUT2D eigenvalue weighted by Crippen LogP contribution is 2.20. The lowest BCUT2D eigenvalue weighted by Crippen LogP contribution is -2.39. The van der Waals surface area contributed by atoms with E-state index in [1.54, 1.807) is 24.1 Å². The Kier molecular flexibility index (Phi) is 3.80. The molecule has 2 rings (SSSR count). The van der Waals surface area contributed by atoms with Crippen LogP contribution in [0.2, 0.25) is 0 Å². The van der Waals surface area contributed by atoms with Crippen molar-refractivity contribution >= 4 is 17.0 Å². The normalized spacial score (nSPS) is 22.9. The molecule has 1 saturated heterocycles. The minimum Gasteiger partial charge on any atom is -0.755 e. The fourth-order valence-electron chi connectivity index (χ4n) is 2.19. The minimum absolute atomic E-state index is 0.299. The summed E-state index contributed by atoms with van der Waals surface area (Å²) < 4.78 is 25.5. The van der Waals surface area contributed by atoms with E-state index in [-0.39, 0.29) is 0 Å². The Labute approximate surface area is 104 Å². The first-order valence-electron chi connectivity index (χ1n) is 5.63. The van der Waals surface area contributed by atoms with Crippen LogP contribution in [-0.2, 0) is 18.3 Å². The number of anilines is 1. The van der Waals surface area contributed by atoms with Crippen LogP contribution in [0, 0.1) is 0 Å². The first-order valence-corrected chi connectivity index (χ1v) is 6.67. The molecule has 1 aliphatic rings. The van der Waals surface area contributed by atoms with Crippen molar-refractivity contribution in [3.63, 3.8) is 0 Å². The lowest BCUT2D eigenvalue weighted by Gasteiger charge is -2.30. The lowest BCUT2D eigenvalue weighted by molar-refractivity contribution is 0.317. The molecule has 0 saturated carbocycles. The van der Waals surface area contributed by atoms with Crippen molar-refractivity contribution in [3.8, 4) is 0 Å². The molecule has 1 aromatic rings. The van der Waals surface area contributed by atoms with Crippen LogP contribution in [0.15, 0.2) is 12.4 Å². The van der Waals surface area contributed by atoms with E-state index < -0.39 is 11.3 Å². The number of likely N-dealkylation sites (tertiary alicyclic amines) is 1. The van der Waals surface area contributed by atoms with Crippen LogP contribution in [-0.4, -0.2) is 49.6 Å². The number of hydrogen-bond acceptors (Lipinski definition) is 4. The van der Waals surface area contributed by atoms with Gasteiger partial charge in [-0.1, -0.05) is 0 Å². The van der Waals surface area contributed by atoms with Crippen LogP contribution in [0.4, 0.5) is 5.69 Å². The van der Waals surface area contributed by atoms with Gasteiger partial charge in [0, 0.05) is 37.1 Å². The number of nitrogens with zero attached hydrogens (tertiary/aromatic N) is 4. The van der Waals surface area contributed by atoms with Crippen molar-refractivity contribution in [2.75, 3.05) is 24.4 Å². The Morgan fingerprint density at radius 3 is 2.88 bits per heavy atom. The summed E-state index contributed by atoms with van der Waals surface area (Å²) in [6.45, 7) is 1.54. The number of likely N-dealkylation sites (N-methyl/N-ethyl adjacent to an activating group) is 1. The predicted molar refractivity (Wildman–Crippen MR) is 65.1 cm³/mol. The van der Waals surface area contributed by atoms with E-state index in [9.17, 15) is 8.76 Å². The molecular formula is C10H17N4O2S-. The molecule has 2 heterocycles. The largest absolute Gasteiger partial charge is 0.755 e.